The number of piperidine rings is 1. The summed E-state index contributed by atoms with van der Waals surface area (Å²) in [6, 6.07) is 1.74. The zero-order valence-corrected chi connectivity index (χ0v) is 13.7. The normalized spacial score (nSPS) is 16.6. The number of nitrogens with two attached hydrogens (primary N) is 1. The van der Waals surface area contributed by atoms with Gasteiger partial charge < -0.3 is 10.6 Å². The first-order valence-corrected chi connectivity index (χ1v) is 7.58. The summed E-state index contributed by atoms with van der Waals surface area (Å²) < 4.78 is 1.68. The third-order valence-corrected chi connectivity index (χ3v) is 4.07. The van der Waals surface area contributed by atoms with E-state index in [1.54, 1.807) is 9.58 Å². The maximum absolute atomic E-state index is 12.3. The molecule has 2 rings (SSSR count). The lowest BCUT2D eigenvalue weighted by Gasteiger charge is -2.30. The summed E-state index contributed by atoms with van der Waals surface area (Å²) in [4.78, 5) is 25.2. The van der Waals surface area contributed by atoms with Crippen LogP contribution in [0.2, 0.25) is 0 Å². The topological polar surface area (TPSA) is 93.2 Å². The molecule has 0 bridgehead atoms. The first-order valence-electron chi connectivity index (χ1n) is 7.58. The van der Waals surface area contributed by atoms with Crippen LogP contribution in [0.1, 0.15) is 39.3 Å². The molecule has 3 N–H and O–H groups in total. The van der Waals surface area contributed by atoms with Crippen LogP contribution in [0.4, 0.5) is 10.6 Å². The predicted octanol–water partition coefficient (Wildman–Crippen LogP) is 1.45. The van der Waals surface area contributed by atoms with Crippen LogP contribution < -0.4 is 11.1 Å². The van der Waals surface area contributed by atoms with E-state index in [0.717, 1.165) is 5.69 Å². The summed E-state index contributed by atoms with van der Waals surface area (Å²) in [5, 5.41) is 7.33. The number of aromatic nitrogens is 2. The number of carbonyl (C=O) groups is 2. The average molecular weight is 307 g/mol. The first kappa shape index (κ1) is 16.3. The van der Waals surface area contributed by atoms with E-state index in [2.05, 4.69) is 31.2 Å². The van der Waals surface area contributed by atoms with Crippen LogP contribution in [0.3, 0.4) is 0 Å². The monoisotopic (exact) mass is 307 g/mol. The van der Waals surface area contributed by atoms with Gasteiger partial charge in [-0.25, -0.2) is 4.79 Å². The van der Waals surface area contributed by atoms with Gasteiger partial charge in [-0.15, -0.1) is 0 Å². The molecule has 1 aromatic rings. The molecule has 0 atom stereocenters. The number of aryl methyl sites for hydroxylation is 1. The van der Waals surface area contributed by atoms with Crippen molar-refractivity contribution in [2.24, 2.45) is 18.7 Å². The number of amides is 3. The van der Waals surface area contributed by atoms with E-state index in [0.29, 0.717) is 31.7 Å². The summed E-state index contributed by atoms with van der Waals surface area (Å²) in [5.41, 5.74) is 6.17. The second kappa shape index (κ2) is 5.98. The van der Waals surface area contributed by atoms with E-state index in [1.165, 1.54) is 0 Å². The van der Waals surface area contributed by atoms with Crippen molar-refractivity contribution >= 4 is 17.8 Å². The summed E-state index contributed by atoms with van der Waals surface area (Å²) in [6.07, 6.45) is 1.25. The Morgan fingerprint density at radius 3 is 2.36 bits per heavy atom. The molecule has 1 aliphatic rings. The summed E-state index contributed by atoms with van der Waals surface area (Å²) >= 11 is 0. The van der Waals surface area contributed by atoms with E-state index in [9.17, 15) is 9.59 Å². The van der Waals surface area contributed by atoms with Gasteiger partial charge in [0, 0.05) is 37.5 Å². The third kappa shape index (κ3) is 3.58. The molecule has 0 unspecified atom stereocenters. The SMILES string of the molecule is Cn1nc(C(C)(C)C)cc1NC(=O)N1CCC(C(N)=O)CC1. The van der Waals surface area contributed by atoms with Crippen molar-refractivity contribution in [3.05, 3.63) is 11.8 Å². The Balaban J connectivity index is 1.98. The van der Waals surface area contributed by atoms with E-state index in [1.807, 2.05) is 13.1 Å². The lowest BCUT2D eigenvalue weighted by atomic mass is 9.92. The van der Waals surface area contributed by atoms with Crippen LogP contribution in [0.5, 0.6) is 0 Å². The van der Waals surface area contributed by atoms with Crippen molar-refractivity contribution in [1.29, 1.82) is 0 Å². The molecule has 1 aliphatic heterocycles. The average Bonchev–Trinajstić information content (AvgIpc) is 2.80. The Kier molecular flexibility index (Phi) is 4.44. The van der Waals surface area contributed by atoms with E-state index >= 15 is 0 Å². The van der Waals surface area contributed by atoms with Gasteiger partial charge in [-0.05, 0) is 12.8 Å². The number of primary amides is 1. The quantitative estimate of drug-likeness (QED) is 0.866. The fourth-order valence-electron chi connectivity index (χ4n) is 2.51. The fourth-order valence-corrected chi connectivity index (χ4v) is 2.51. The maximum atomic E-state index is 12.3. The van der Waals surface area contributed by atoms with Crippen LogP contribution in [-0.2, 0) is 17.3 Å². The standard InChI is InChI=1S/C15H25N5O2/c1-15(2,3)11-9-12(19(4)18-11)17-14(22)20-7-5-10(6-8-20)13(16)21/h9-10H,5-8H2,1-4H3,(H2,16,21)(H,17,22). The molecule has 1 saturated heterocycles. The van der Waals surface area contributed by atoms with Crippen molar-refractivity contribution in [2.45, 2.75) is 39.0 Å². The van der Waals surface area contributed by atoms with Gasteiger partial charge in [-0.1, -0.05) is 20.8 Å². The van der Waals surface area contributed by atoms with Gasteiger partial charge in [-0.3, -0.25) is 14.8 Å². The zero-order valence-electron chi connectivity index (χ0n) is 13.7. The van der Waals surface area contributed by atoms with Crippen LogP contribution in [-0.4, -0.2) is 39.7 Å². The Morgan fingerprint density at radius 2 is 1.91 bits per heavy atom. The Hall–Kier alpha value is -2.05. The van der Waals surface area contributed by atoms with Gasteiger partial charge in [0.1, 0.15) is 5.82 Å². The molecule has 3 amide bonds. The number of hydrogen-bond donors (Lipinski definition) is 2. The van der Waals surface area contributed by atoms with E-state index in [-0.39, 0.29) is 23.3 Å². The maximum Gasteiger partial charge on any atom is 0.322 e. The molecule has 2 heterocycles. The Bertz CT molecular complexity index is 565. The molecule has 0 spiro atoms. The molecular formula is C15H25N5O2. The van der Waals surface area contributed by atoms with E-state index < -0.39 is 0 Å². The number of nitrogens with zero attached hydrogens (tertiary/aromatic N) is 3. The second-order valence-corrected chi connectivity index (χ2v) is 6.88. The molecule has 22 heavy (non-hydrogen) atoms. The first-order chi connectivity index (χ1) is 10.2. The molecule has 0 radical (unpaired) electrons. The highest BCUT2D eigenvalue weighted by atomic mass is 16.2. The molecule has 0 saturated carbocycles. The van der Waals surface area contributed by atoms with Crippen molar-refractivity contribution in [1.82, 2.24) is 14.7 Å². The summed E-state index contributed by atoms with van der Waals surface area (Å²) in [5.74, 6) is 0.279. The number of nitrogens with one attached hydrogen (secondary N) is 1. The van der Waals surface area contributed by atoms with Crippen LogP contribution in [0.15, 0.2) is 6.07 Å². The van der Waals surface area contributed by atoms with Crippen molar-refractivity contribution in [3.8, 4) is 0 Å². The highest BCUT2D eigenvalue weighted by Crippen LogP contribution is 2.24. The van der Waals surface area contributed by atoms with Gasteiger partial charge >= 0.3 is 6.03 Å². The molecule has 0 aromatic carbocycles. The minimum atomic E-state index is -0.276. The van der Waals surface area contributed by atoms with Crippen LogP contribution in [0, 0.1) is 5.92 Å². The molecular weight excluding hydrogens is 282 g/mol. The molecule has 7 nitrogen and oxygen atoms in total. The van der Waals surface area contributed by atoms with Gasteiger partial charge in [-0.2, -0.15) is 5.10 Å². The zero-order chi connectivity index (χ0) is 16.5. The Morgan fingerprint density at radius 1 is 1.32 bits per heavy atom. The molecule has 0 aliphatic carbocycles. The lowest BCUT2D eigenvalue weighted by molar-refractivity contribution is -0.122. The van der Waals surface area contributed by atoms with Gasteiger partial charge in [0.2, 0.25) is 5.91 Å². The minimum Gasteiger partial charge on any atom is -0.369 e. The predicted molar refractivity (Wildman–Crippen MR) is 84.4 cm³/mol. The van der Waals surface area contributed by atoms with Crippen molar-refractivity contribution in [3.63, 3.8) is 0 Å². The number of urea groups is 1. The molecule has 7 heteroatoms. The molecule has 1 fully saturated rings. The minimum absolute atomic E-state index is 0.0689. The number of rotatable bonds is 2. The number of hydrogen-bond acceptors (Lipinski definition) is 3. The highest BCUT2D eigenvalue weighted by molar-refractivity contribution is 5.88. The van der Waals surface area contributed by atoms with Crippen molar-refractivity contribution < 1.29 is 9.59 Å². The number of anilines is 1. The number of likely N-dealkylation sites (tertiary alicyclic amines) is 1. The lowest BCUT2D eigenvalue weighted by Crippen LogP contribution is -2.43. The second-order valence-electron chi connectivity index (χ2n) is 6.88. The summed E-state index contributed by atoms with van der Waals surface area (Å²) in [7, 11) is 1.81. The van der Waals surface area contributed by atoms with Crippen molar-refractivity contribution in [2.75, 3.05) is 18.4 Å². The van der Waals surface area contributed by atoms with Gasteiger partial charge in [0.15, 0.2) is 0 Å². The van der Waals surface area contributed by atoms with Crippen LogP contribution >= 0.6 is 0 Å². The smallest absolute Gasteiger partial charge is 0.322 e. The third-order valence-electron chi connectivity index (χ3n) is 4.07. The molecule has 122 valence electrons. The van der Waals surface area contributed by atoms with E-state index in [4.69, 9.17) is 5.73 Å². The fraction of sp³-hybridized carbons (Fsp3) is 0.667. The van der Waals surface area contributed by atoms with Crippen LogP contribution in [0.25, 0.3) is 0 Å². The largest absolute Gasteiger partial charge is 0.369 e. The van der Waals surface area contributed by atoms with Gasteiger partial charge in [0.05, 0.1) is 5.69 Å². The molecule has 1 aromatic heterocycles. The highest BCUT2D eigenvalue weighted by Gasteiger charge is 2.27. The number of carbonyl (C=O) groups excluding carboxylic acids is 2. The summed E-state index contributed by atoms with van der Waals surface area (Å²) in [6.45, 7) is 7.33. The Labute approximate surface area is 130 Å². The van der Waals surface area contributed by atoms with Gasteiger partial charge in [0.25, 0.3) is 0 Å².